The van der Waals surface area contributed by atoms with Crippen LogP contribution in [0.5, 0.6) is 0 Å². The summed E-state index contributed by atoms with van der Waals surface area (Å²) in [6.45, 7) is 26.3. The lowest BCUT2D eigenvalue weighted by Gasteiger charge is -2.19. The van der Waals surface area contributed by atoms with Gasteiger partial charge >= 0.3 is 0 Å². The fourth-order valence-corrected chi connectivity index (χ4v) is 1.30. The molecule has 0 radical (unpaired) electrons. The van der Waals surface area contributed by atoms with Crippen molar-refractivity contribution in [2.45, 2.75) is 75.2 Å². The van der Waals surface area contributed by atoms with E-state index >= 15 is 0 Å². The lowest BCUT2D eigenvalue weighted by Crippen LogP contribution is -2.06. The van der Waals surface area contributed by atoms with E-state index in [-0.39, 0.29) is 5.41 Å². The van der Waals surface area contributed by atoms with Crippen LogP contribution in [0, 0.1) is 5.41 Å². The molecule has 0 aromatic rings. The first kappa shape index (κ1) is 30.4. The molecule has 0 aliphatic rings. The maximum Gasteiger partial charge on any atom is 0.0261 e. The van der Waals surface area contributed by atoms with Crippen LogP contribution in [0.2, 0.25) is 0 Å². The van der Waals surface area contributed by atoms with Gasteiger partial charge in [0.15, 0.2) is 0 Å². The normalized spacial score (nSPS) is 10.7. The van der Waals surface area contributed by atoms with E-state index in [0.717, 1.165) is 12.1 Å². The predicted molar refractivity (Wildman–Crippen MR) is 117 cm³/mol. The first-order valence-electron chi connectivity index (χ1n) is 9.32. The van der Waals surface area contributed by atoms with Gasteiger partial charge in [0.2, 0.25) is 0 Å². The molecule has 0 rings (SSSR count). The number of rotatable bonds is 6. The van der Waals surface area contributed by atoms with Gasteiger partial charge in [-0.05, 0) is 30.4 Å². The molecule has 0 saturated heterocycles. The maximum atomic E-state index is 3.78. The Morgan fingerprint density at radius 1 is 1.08 bits per heavy atom. The van der Waals surface area contributed by atoms with Gasteiger partial charge in [0.1, 0.15) is 0 Å². The summed E-state index contributed by atoms with van der Waals surface area (Å²) in [4.78, 5) is 0. The minimum absolute atomic E-state index is 0.210. The van der Waals surface area contributed by atoms with Crippen LogP contribution >= 0.6 is 0 Å². The van der Waals surface area contributed by atoms with Gasteiger partial charge in [0.05, 0.1) is 0 Å². The topological polar surface area (TPSA) is 12.0 Å². The summed E-state index contributed by atoms with van der Waals surface area (Å²) in [5.41, 5.74) is 2.46. The second-order valence-corrected chi connectivity index (χ2v) is 5.57. The van der Waals surface area contributed by atoms with E-state index < -0.39 is 0 Å². The van der Waals surface area contributed by atoms with E-state index in [1.165, 1.54) is 12.0 Å². The van der Waals surface area contributed by atoms with Gasteiger partial charge in [-0.2, -0.15) is 0 Å². The first-order chi connectivity index (χ1) is 11.3. The predicted octanol–water partition coefficient (Wildman–Crippen LogP) is 7.85. The van der Waals surface area contributed by atoms with Crippen molar-refractivity contribution in [1.29, 1.82) is 0 Å². The molecule has 1 heteroatoms. The molecule has 0 aromatic heterocycles. The second-order valence-electron chi connectivity index (χ2n) is 5.57. The number of allylic oxidation sites excluding steroid dienone is 7. The van der Waals surface area contributed by atoms with E-state index in [2.05, 4.69) is 58.3 Å². The fraction of sp³-hybridized carbons (Fsp3) is 0.565. The van der Waals surface area contributed by atoms with Crippen LogP contribution in [0.4, 0.5) is 0 Å². The van der Waals surface area contributed by atoms with E-state index in [9.17, 15) is 0 Å². The Hall–Kier alpha value is -1.50. The Labute approximate surface area is 154 Å². The van der Waals surface area contributed by atoms with Crippen LogP contribution in [-0.2, 0) is 0 Å². The van der Waals surface area contributed by atoms with E-state index in [1.54, 1.807) is 0 Å². The Morgan fingerprint density at radius 3 is 1.88 bits per heavy atom. The third-order valence-electron chi connectivity index (χ3n) is 2.65. The molecule has 0 saturated carbocycles. The number of nitrogens with one attached hydrogen (secondary N) is 1. The number of likely N-dealkylation sites (N-methyl/N-ethyl adjacent to an activating group) is 1. The average Bonchev–Trinajstić information content (AvgIpc) is 2.58. The summed E-state index contributed by atoms with van der Waals surface area (Å²) in [6.07, 6.45) is 14.6. The molecule has 142 valence electrons. The minimum Gasteiger partial charge on any atom is -0.389 e. The number of hydrogen-bond donors (Lipinski definition) is 1. The smallest absolute Gasteiger partial charge is 0.0261 e. The average molecular weight is 336 g/mol. The summed E-state index contributed by atoms with van der Waals surface area (Å²) in [5, 5.41) is 2.94. The molecular formula is C23H45N. The molecule has 24 heavy (non-hydrogen) atoms. The van der Waals surface area contributed by atoms with Crippen molar-refractivity contribution in [3.05, 3.63) is 60.9 Å². The van der Waals surface area contributed by atoms with Gasteiger partial charge in [-0.1, -0.05) is 105 Å². The van der Waals surface area contributed by atoms with Gasteiger partial charge in [0.25, 0.3) is 0 Å². The Morgan fingerprint density at radius 2 is 1.58 bits per heavy atom. The summed E-state index contributed by atoms with van der Waals surface area (Å²) in [6, 6.07) is 0. The fourth-order valence-electron chi connectivity index (χ4n) is 1.30. The zero-order valence-electron chi connectivity index (χ0n) is 18.3. The summed E-state index contributed by atoms with van der Waals surface area (Å²) >= 11 is 0. The minimum atomic E-state index is 0.210. The quantitative estimate of drug-likeness (QED) is 0.487. The molecule has 0 atom stereocenters. The molecule has 0 aliphatic heterocycles. The zero-order chi connectivity index (χ0) is 20.0. The Kier molecular flexibility index (Phi) is 30.1. The summed E-state index contributed by atoms with van der Waals surface area (Å²) in [7, 11) is 1.87. The Bertz CT molecular complexity index is 349. The van der Waals surface area contributed by atoms with Gasteiger partial charge in [-0.25, -0.2) is 0 Å². The lowest BCUT2D eigenvalue weighted by molar-refractivity contribution is 0.517. The monoisotopic (exact) mass is 335 g/mol. The van der Waals surface area contributed by atoms with Crippen molar-refractivity contribution in [3.8, 4) is 0 Å². The molecule has 0 aromatic carbocycles. The van der Waals surface area contributed by atoms with Crippen LogP contribution < -0.4 is 5.32 Å². The molecule has 0 fully saturated rings. The van der Waals surface area contributed by atoms with Gasteiger partial charge in [-0.15, -0.1) is 0 Å². The van der Waals surface area contributed by atoms with Crippen molar-refractivity contribution in [2.24, 2.45) is 5.41 Å². The van der Waals surface area contributed by atoms with E-state index in [1.807, 2.05) is 66.0 Å². The van der Waals surface area contributed by atoms with Crippen LogP contribution in [0.3, 0.4) is 0 Å². The Balaban J connectivity index is -0.000000139. The van der Waals surface area contributed by atoms with Crippen LogP contribution in [0.15, 0.2) is 60.9 Å². The van der Waals surface area contributed by atoms with Gasteiger partial charge < -0.3 is 5.32 Å². The SMILES string of the molecule is C=C(/C=C\CCC)NC.C=C/C(=C\C=C/C)C(C)(C)C.CC.CC. The zero-order valence-corrected chi connectivity index (χ0v) is 18.3. The number of unbranched alkanes of at least 4 members (excludes halogenated alkanes) is 1. The molecule has 0 unspecified atom stereocenters. The molecule has 0 heterocycles. The van der Waals surface area contributed by atoms with Crippen molar-refractivity contribution in [1.82, 2.24) is 5.32 Å². The van der Waals surface area contributed by atoms with Crippen LogP contribution in [-0.4, -0.2) is 7.05 Å². The number of hydrogen-bond acceptors (Lipinski definition) is 1. The summed E-state index contributed by atoms with van der Waals surface area (Å²) < 4.78 is 0. The molecule has 0 aliphatic carbocycles. The van der Waals surface area contributed by atoms with Crippen molar-refractivity contribution in [2.75, 3.05) is 7.05 Å². The standard InChI is InChI=1S/C11H18.C8H15N.2C2H6/c1-6-8-9-10(7-2)11(3,4)5;1-4-5-6-7-8(2)9-3;2*1-2/h6-9H,2H2,1,3-5H3;6-7,9H,2,4-5H2,1,3H3;2*1-2H3/b8-6-,10-9+;7-6-;;. The highest BCUT2D eigenvalue weighted by atomic mass is 14.8. The molecule has 0 bridgehead atoms. The maximum absolute atomic E-state index is 3.78. The van der Waals surface area contributed by atoms with Gasteiger partial charge in [-0.3, -0.25) is 0 Å². The van der Waals surface area contributed by atoms with Crippen molar-refractivity contribution >= 4 is 0 Å². The highest BCUT2D eigenvalue weighted by molar-refractivity contribution is 5.27. The van der Waals surface area contributed by atoms with E-state index in [4.69, 9.17) is 0 Å². The highest BCUT2D eigenvalue weighted by Gasteiger charge is 2.12. The van der Waals surface area contributed by atoms with Gasteiger partial charge in [0, 0.05) is 12.7 Å². The lowest BCUT2D eigenvalue weighted by atomic mass is 9.86. The molecule has 0 amide bonds. The molecule has 1 nitrogen and oxygen atoms in total. The van der Waals surface area contributed by atoms with E-state index in [0.29, 0.717) is 0 Å². The molecule has 0 spiro atoms. The second kappa shape index (κ2) is 23.8. The summed E-state index contributed by atoms with van der Waals surface area (Å²) in [5.74, 6) is 0. The van der Waals surface area contributed by atoms with Crippen LogP contribution in [0.1, 0.15) is 75.2 Å². The first-order valence-corrected chi connectivity index (χ1v) is 9.32. The third-order valence-corrected chi connectivity index (χ3v) is 2.65. The van der Waals surface area contributed by atoms with Crippen molar-refractivity contribution in [3.63, 3.8) is 0 Å². The van der Waals surface area contributed by atoms with Crippen LogP contribution in [0.25, 0.3) is 0 Å². The van der Waals surface area contributed by atoms with Crippen molar-refractivity contribution < 1.29 is 0 Å². The molecule has 1 N–H and O–H groups in total. The third kappa shape index (κ3) is 25.5. The largest absolute Gasteiger partial charge is 0.389 e. The highest BCUT2D eigenvalue weighted by Crippen LogP contribution is 2.25. The molecular weight excluding hydrogens is 290 g/mol.